The number of hydrogen-bond donors (Lipinski definition) is 1. The topological polar surface area (TPSA) is 85.5 Å². The van der Waals surface area contributed by atoms with Crippen molar-refractivity contribution in [3.63, 3.8) is 0 Å². The number of furan rings is 1. The molecule has 16 heavy (non-hydrogen) atoms. The minimum atomic E-state index is -1.12. The molecule has 2 aromatic heterocycles. The zero-order valence-corrected chi connectivity index (χ0v) is 8.16. The summed E-state index contributed by atoms with van der Waals surface area (Å²) in [4.78, 5) is 18.0. The van der Waals surface area contributed by atoms with Crippen LogP contribution in [0.4, 0.5) is 0 Å². The van der Waals surface area contributed by atoms with E-state index in [2.05, 4.69) is 9.97 Å². The van der Waals surface area contributed by atoms with Crippen LogP contribution in [-0.4, -0.2) is 21.0 Å². The highest BCUT2D eigenvalue weighted by Crippen LogP contribution is 2.08. The monoisotopic (exact) mass is 220 g/mol. The molecule has 6 nitrogen and oxygen atoms in total. The summed E-state index contributed by atoms with van der Waals surface area (Å²) in [5.41, 5.74) is -0.120. The Morgan fingerprint density at radius 3 is 2.88 bits per heavy atom. The first kappa shape index (κ1) is 10.2. The highest BCUT2D eigenvalue weighted by atomic mass is 16.5. The van der Waals surface area contributed by atoms with E-state index in [4.69, 9.17) is 14.3 Å². The quantitative estimate of drug-likeness (QED) is 0.836. The van der Waals surface area contributed by atoms with Crippen LogP contribution in [0.15, 0.2) is 35.2 Å². The molecule has 6 heteroatoms. The van der Waals surface area contributed by atoms with Gasteiger partial charge in [-0.2, -0.15) is 0 Å². The highest BCUT2D eigenvalue weighted by molar-refractivity contribution is 5.84. The smallest absolute Gasteiger partial charge is 0.356 e. The van der Waals surface area contributed by atoms with Crippen LogP contribution in [0.2, 0.25) is 0 Å². The molecule has 0 radical (unpaired) electrons. The minimum absolute atomic E-state index is 0.120. The fourth-order valence-electron chi connectivity index (χ4n) is 1.04. The minimum Gasteiger partial charge on any atom is -0.476 e. The zero-order chi connectivity index (χ0) is 11.4. The van der Waals surface area contributed by atoms with Crippen LogP contribution in [0.3, 0.4) is 0 Å². The summed E-state index contributed by atoms with van der Waals surface area (Å²) < 4.78 is 10.3. The van der Waals surface area contributed by atoms with Gasteiger partial charge in [0, 0.05) is 0 Å². The van der Waals surface area contributed by atoms with Gasteiger partial charge in [0.05, 0.1) is 18.7 Å². The van der Waals surface area contributed by atoms with Crippen molar-refractivity contribution in [3.05, 3.63) is 42.2 Å². The first-order valence-electron chi connectivity index (χ1n) is 4.46. The molecule has 2 heterocycles. The maximum absolute atomic E-state index is 10.5. The van der Waals surface area contributed by atoms with Crippen molar-refractivity contribution in [1.82, 2.24) is 9.97 Å². The Bertz CT molecular complexity index is 464. The number of carbonyl (C=O) groups is 1. The van der Waals surface area contributed by atoms with Crippen LogP contribution >= 0.6 is 0 Å². The van der Waals surface area contributed by atoms with Crippen molar-refractivity contribution in [2.45, 2.75) is 6.61 Å². The summed E-state index contributed by atoms with van der Waals surface area (Å²) in [6, 6.07) is 3.51. The third kappa shape index (κ3) is 2.35. The molecule has 0 spiro atoms. The Morgan fingerprint density at radius 1 is 1.44 bits per heavy atom. The van der Waals surface area contributed by atoms with Crippen molar-refractivity contribution in [3.8, 4) is 5.88 Å². The van der Waals surface area contributed by atoms with E-state index in [1.54, 1.807) is 12.1 Å². The molecule has 0 bridgehead atoms. The lowest BCUT2D eigenvalue weighted by atomic mass is 10.4. The van der Waals surface area contributed by atoms with Gasteiger partial charge in [0.2, 0.25) is 5.88 Å². The Balaban J connectivity index is 1.98. The third-order valence-electron chi connectivity index (χ3n) is 1.79. The van der Waals surface area contributed by atoms with E-state index in [1.165, 1.54) is 12.5 Å². The summed E-state index contributed by atoms with van der Waals surface area (Å²) >= 11 is 0. The number of hydrogen-bond acceptors (Lipinski definition) is 5. The second kappa shape index (κ2) is 4.43. The number of carboxylic acids is 1. The molecule has 0 unspecified atom stereocenters. The van der Waals surface area contributed by atoms with Crippen LogP contribution in [-0.2, 0) is 6.61 Å². The molecule has 2 rings (SSSR count). The molecule has 1 N–H and O–H groups in total. The van der Waals surface area contributed by atoms with E-state index in [0.29, 0.717) is 5.76 Å². The average Bonchev–Trinajstić information content (AvgIpc) is 2.80. The van der Waals surface area contributed by atoms with E-state index in [9.17, 15) is 4.79 Å². The fraction of sp³-hybridized carbons (Fsp3) is 0.100. The van der Waals surface area contributed by atoms with Gasteiger partial charge >= 0.3 is 5.97 Å². The molecular formula is C10H8N2O4. The molecule has 0 fully saturated rings. The molecule has 0 amide bonds. The lowest BCUT2D eigenvalue weighted by Gasteiger charge is -2.02. The number of aromatic nitrogens is 2. The van der Waals surface area contributed by atoms with E-state index >= 15 is 0 Å². The first-order chi connectivity index (χ1) is 7.75. The molecule has 2 aromatic rings. The molecule has 0 saturated heterocycles. The number of nitrogens with zero attached hydrogens (tertiary/aromatic N) is 2. The van der Waals surface area contributed by atoms with Gasteiger partial charge in [-0.3, -0.25) is 0 Å². The predicted octanol–water partition coefficient (Wildman–Crippen LogP) is 1.35. The molecular weight excluding hydrogens is 212 g/mol. The molecule has 0 aromatic carbocycles. The Labute approximate surface area is 90.5 Å². The van der Waals surface area contributed by atoms with Crippen molar-refractivity contribution in [2.75, 3.05) is 0 Å². The fourth-order valence-corrected chi connectivity index (χ4v) is 1.04. The van der Waals surface area contributed by atoms with Crippen molar-refractivity contribution in [2.24, 2.45) is 0 Å². The summed E-state index contributed by atoms with van der Waals surface area (Å²) in [6.07, 6.45) is 3.93. The van der Waals surface area contributed by atoms with Crippen LogP contribution in [0, 0.1) is 0 Å². The normalized spacial score (nSPS) is 10.0. The number of ether oxygens (including phenoxy) is 1. The summed E-state index contributed by atoms with van der Waals surface area (Å²) in [6.45, 7) is 0.230. The van der Waals surface area contributed by atoms with Crippen molar-refractivity contribution in [1.29, 1.82) is 0 Å². The van der Waals surface area contributed by atoms with Gasteiger partial charge in [0.15, 0.2) is 5.69 Å². The second-order valence-corrected chi connectivity index (χ2v) is 2.91. The predicted molar refractivity (Wildman–Crippen MR) is 52.0 cm³/mol. The van der Waals surface area contributed by atoms with Crippen molar-refractivity contribution >= 4 is 5.97 Å². The molecule has 0 saturated carbocycles. The van der Waals surface area contributed by atoms with Gasteiger partial charge in [-0.05, 0) is 12.1 Å². The van der Waals surface area contributed by atoms with Gasteiger partial charge in [0.1, 0.15) is 12.4 Å². The van der Waals surface area contributed by atoms with Gasteiger partial charge in [-0.15, -0.1) is 0 Å². The van der Waals surface area contributed by atoms with Crippen LogP contribution in [0.25, 0.3) is 0 Å². The Hall–Kier alpha value is -2.37. The van der Waals surface area contributed by atoms with E-state index in [1.807, 2.05) is 0 Å². The van der Waals surface area contributed by atoms with E-state index < -0.39 is 5.97 Å². The van der Waals surface area contributed by atoms with E-state index in [0.717, 1.165) is 6.20 Å². The first-order valence-corrected chi connectivity index (χ1v) is 4.46. The Kier molecular flexibility index (Phi) is 2.81. The number of aromatic carboxylic acids is 1. The van der Waals surface area contributed by atoms with Gasteiger partial charge < -0.3 is 14.3 Å². The molecule has 0 aliphatic carbocycles. The van der Waals surface area contributed by atoms with Crippen LogP contribution < -0.4 is 4.74 Å². The van der Waals surface area contributed by atoms with E-state index in [-0.39, 0.29) is 18.2 Å². The molecule has 0 aliphatic rings. The summed E-state index contributed by atoms with van der Waals surface area (Å²) in [7, 11) is 0. The lowest BCUT2D eigenvalue weighted by molar-refractivity contribution is 0.0689. The molecule has 0 aliphatic heterocycles. The highest BCUT2D eigenvalue weighted by Gasteiger charge is 2.05. The van der Waals surface area contributed by atoms with Crippen LogP contribution in [0.1, 0.15) is 16.2 Å². The summed E-state index contributed by atoms with van der Waals surface area (Å²) in [5.74, 6) is -0.212. The lowest BCUT2D eigenvalue weighted by Crippen LogP contribution is -2.02. The molecule has 0 atom stereocenters. The van der Waals surface area contributed by atoms with Crippen molar-refractivity contribution < 1.29 is 19.1 Å². The molecule has 82 valence electrons. The summed E-state index contributed by atoms with van der Waals surface area (Å²) in [5, 5.41) is 8.60. The van der Waals surface area contributed by atoms with Gasteiger partial charge in [0.25, 0.3) is 0 Å². The standard InChI is InChI=1S/C10H8N2O4/c13-10(14)8-4-12-9(5-11-8)16-6-7-2-1-3-15-7/h1-5H,6H2,(H,13,14). The number of rotatable bonds is 4. The van der Waals surface area contributed by atoms with Gasteiger partial charge in [-0.25, -0.2) is 14.8 Å². The van der Waals surface area contributed by atoms with Gasteiger partial charge in [-0.1, -0.05) is 0 Å². The Morgan fingerprint density at radius 2 is 2.31 bits per heavy atom. The number of carboxylic acid groups (broad SMARTS) is 1. The third-order valence-corrected chi connectivity index (χ3v) is 1.79. The zero-order valence-electron chi connectivity index (χ0n) is 8.16. The SMILES string of the molecule is O=C(O)c1cnc(OCc2ccco2)cn1. The van der Waals surface area contributed by atoms with Crippen LogP contribution in [0.5, 0.6) is 5.88 Å². The second-order valence-electron chi connectivity index (χ2n) is 2.91. The maximum atomic E-state index is 10.5. The maximum Gasteiger partial charge on any atom is 0.356 e. The average molecular weight is 220 g/mol. The largest absolute Gasteiger partial charge is 0.476 e.